The molecule has 6 nitrogen and oxygen atoms in total. The molecule has 1 saturated heterocycles. The number of carbonyl (C=O) groups is 1. The van der Waals surface area contributed by atoms with Crippen LogP contribution in [-0.4, -0.2) is 57.9 Å². The highest BCUT2D eigenvalue weighted by molar-refractivity contribution is 7.99. The van der Waals surface area contributed by atoms with Crippen molar-refractivity contribution in [3.63, 3.8) is 0 Å². The van der Waals surface area contributed by atoms with Gasteiger partial charge in [-0.1, -0.05) is 24.8 Å². The normalized spacial score (nSPS) is 18.8. The van der Waals surface area contributed by atoms with E-state index in [1.54, 1.807) is 0 Å². The fourth-order valence-electron chi connectivity index (χ4n) is 2.37. The Bertz CT molecular complexity index is 476. The molecule has 1 aliphatic heterocycles. The monoisotopic (exact) mass is 309 g/mol. The number of rotatable bonds is 8. The van der Waals surface area contributed by atoms with Crippen molar-refractivity contribution in [2.75, 3.05) is 31.9 Å². The summed E-state index contributed by atoms with van der Waals surface area (Å²) in [5.74, 6) is 1.81. The number of aromatic nitrogens is 3. The average molecular weight is 309 g/mol. The van der Waals surface area contributed by atoms with Crippen molar-refractivity contribution in [2.24, 2.45) is 5.92 Å². The summed E-state index contributed by atoms with van der Waals surface area (Å²) < 4.78 is 0. The zero-order chi connectivity index (χ0) is 15.1. The van der Waals surface area contributed by atoms with Crippen LogP contribution < -0.4 is 5.32 Å². The number of nitrogens with one attached hydrogen (secondary N) is 2. The predicted molar refractivity (Wildman–Crippen MR) is 84.2 cm³/mol. The van der Waals surface area contributed by atoms with Gasteiger partial charge in [-0.3, -0.25) is 14.8 Å². The third kappa shape index (κ3) is 5.17. The lowest BCUT2D eigenvalue weighted by Gasteiger charge is -2.13. The Morgan fingerprint density at radius 1 is 1.67 bits per heavy atom. The standard InChI is InChI=1S/C14H23N5OS/c1-3-6-19-7-5-11(9-19)8-15-13(20)10-21-14-16-12(4-2)17-18-14/h3,11H,1,4-10H2,2H3,(H,15,20)(H,16,17,18). The third-order valence-electron chi connectivity index (χ3n) is 3.52. The van der Waals surface area contributed by atoms with Crippen molar-refractivity contribution in [1.82, 2.24) is 25.4 Å². The first kappa shape index (κ1) is 16.0. The minimum atomic E-state index is 0.0463. The molecular formula is C14H23N5OS. The molecule has 1 aromatic heterocycles. The Labute approximate surface area is 129 Å². The van der Waals surface area contributed by atoms with E-state index in [0.29, 0.717) is 16.8 Å². The Hall–Kier alpha value is -1.34. The van der Waals surface area contributed by atoms with E-state index in [1.165, 1.54) is 11.8 Å². The quantitative estimate of drug-likeness (QED) is 0.555. The summed E-state index contributed by atoms with van der Waals surface area (Å²) >= 11 is 1.37. The fourth-order valence-corrected chi connectivity index (χ4v) is 3.01. The number of H-pyrrole nitrogens is 1. The minimum absolute atomic E-state index is 0.0463. The lowest BCUT2D eigenvalue weighted by Crippen LogP contribution is -2.32. The molecule has 0 bridgehead atoms. The third-order valence-corrected chi connectivity index (χ3v) is 4.37. The summed E-state index contributed by atoms with van der Waals surface area (Å²) in [5, 5.41) is 10.5. The molecule has 0 spiro atoms. The largest absolute Gasteiger partial charge is 0.355 e. The highest BCUT2D eigenvalue weighted by atomic mass is 32.2. The number of nitrogens with zero attached hydrogens (tertiary/aromatic N) is 3. The first-order valence-corrected chi connectivity index (χ1v) is 8.33. The molecule has 1 amide bonds. The van der Waals surface area contributed by atoms with Crippen LogP contribution in [0.2, 0.25) is 0 Å². The average Bonchev–Trinajstić information content (AvgIpc) is 3.12. The van der Waals surface area contributed by atoms with Crippen LogP contribution in [0.4, 0.5) is 0 Å². The van der Waals surface area contributed by atoms with Crippen molar-refractivity contribution in [3.8, 4) is 0 Å². The van der Waals surface area contributed by atoms with Gasteiger partial charge in [0.05, 0.1) is 5.75 Å². The van der Waals surface area contributed by atoms with Gasteiger partial charge in [-0.05, 0) is 18.9 Å². The summed E-state index contributed by atoms with van der Waals surface area (Å²) in [6.07, 6.45) is 3.89. The van der Waals surface area contributed by atoms with Crippen molar-refractivity contribution in [1.29, 1.82) is 0 Å². The molecule has 1 fully saturated rings. The number of aryl methyl sites for hydroxylation is 1. The molecule has 1 aliphatic rings. The fraction of sp³-hybridized carbons (Fsp3) is 0.643. The zero-order valence-electron chi connectivity index (χ0n) is 12.5. The van der Waals surface area contributed by atoms with E-state index in [4.69, 9.17) is 0 Å². The van der Waals surface area contributed by atoms with Crippen LogP contribution in [0.25, 0.3) is 0 Å². The number of hydrogen-bond acceptors (Lipinski definition) is 5. The molecule has 7 heteroatoms. The second kappa shape index (κ2) is 8.19. The Balaban J connectivity index is 1.62. The molecule has 2 rings (SSSR count). The van der Waals surface area contributed by atoms with Crippen molar-refractivity contribution in [2.45, 2.75) is 24.9 Å². The van der Waals surface area contributed by atoms with Gasteiger partial charge in [0.25, 0.3) is 0 Å². The van der Waals surface area contributed by atoms with E-state index in [0.717, 1.165) is 44.8 Å². The summed E-state index contributed by atoms with van der Waals surface area (Å²) in [4.78, 5) is 18.5. The van der Waals surface area contributed by atoms with Crippen molar-refractivity contribution < 1.29 is 4.79 Å². The Morgan fingerprint density at radius 3 is 3.24 bits per heavy atom. The van der Waals surface area contributed by atoms with Gasteiger partial charge >= 0.3 is 0 Å². The predicted octanol–water partition coefficient (Wildman–Crippen LogP) is 1.08. The number of likely N-dealkylation sites (tertiary alicyclic amines) is 1. The number of hydrogen-bond donors (Lipinski definition) is 2. The first-order valence-electron chi connectivity index (χ1n) is 7.35. The molecule has 0 radical (unpaired) electrons. The van der Waals surface area contributed by atoms with E-state index in [2.05, 4.69) is 32.0 Å². The van der Waals surface area contributed by atoms with E-state index in [-0.39, 0.29) is 5.91 Å². The number of aromatic amines is 1. The highest BCUT2D eigenvalue weighted by Gasteiger charge is 2.21. The number of carbonyl (C=O) groups excluding carboxylic acids is 1. The maximum absolute atomic E-state index is 11.8. The van der Waals surface area contributed by atoms with E-state index in [1.807, 2.05) is 13.0 Å². The molecule has 1 atom stereocenters. The van der Waals surface area contributed by atoms with Crippen LogP contribution in [0, 0.1) is 5.92 Å². The summed E-state index contributed by atoms with van der Waals surface area (Å²) in [6.45, 7) is 9.59. The van der Waals surface area contributed by atoms with Gasteiger partial charge in [0, 0.05) is 26.1 Å². The molecular weight excluding hydrogens is 286 g/mol. The molecule has 116 valence electrons. The van der Waals surface area contributed by atoms with Gasteiger partial charge in [-0.2, -0.15) is 0 Å². The van der Waals surface area contributed by atoms with Gasteiger partial charge in [0.15, 0.2) is 0 Å². The summed E-state index contributed by atoms with van der Waals surface area (Å²) in [6, 6.07) is 0. The van der Waals surface area contributed by atoms with Crippen LogP contribution in [0.3, 0.4) is 0 Å². The van der Waals surface area contributed by atoms with Gasteiger partial charge < -0.3 is 5.32 Å². The topological polar surface area (TPSA) is 73.9 Å². The molecule has 2 N–H and O–H groups in total. The smallest absolute Gasteiger partial charge is 0.230 e. The van der Waals surface area contributed by atoms with Gasteiger partial charge in [-0.25, -0.2) is 4.98 Å². The highest BCUT2D eigenvalue weighted by Crippen LogP contribution is 2.15. The molecule has 1 unspecified atom stereocenters. The minimum Gasteiger partial charge on any atom is -0.355 e. The molecule has 1 aromatic rings. The molecule has 0 aliphatic carbocycles. The molecule has 2 heterocycles. The maximum Gasteiger partial charge on any atom is 0.230 e. The Kier molecular flexibility index (Phi) is 6.25. The van der Waals surface area contributed by atoms with Crippen LogP contribution in [-0.2, 0) is 11.2 Å². The van der Waals surface area contributed by atoms with Gasteiger partial charge in [0.2, 0.25) is 11.1 Å². The van der Waals surface area contributed by atoms with E-state index in [9.17, 15) is 4.79 Å². The first-order chi connectivity index (χ1) is 10.2. The van der Waals surface area contributed by atoms with E-state index < -0.39 is 0 Å². The maximum atomic E-state index is 11.8. The molecule has 0 aromatic carbocycles. The van der Waals surface area contributed by atoms with Crippen molar-refractivity contribution >= 4 is 17.7 Å². The summed E-state index contributed by atoms with van der Waals surface area (Å²) in [7, 11) is 0. The van der Waals surface area contributed by atoms with Crippen LogP contribution in [0.15, 0.2) is 17.8 Å². The molecule has 0 saturated carbocycles. The zero-order valence-corrected chi connectivity index (χ0v) is 13.3. The van der Waals surface area contributed by atoms with Crippen LogP contribution >= 0.6 is 11.8 Å². The lowest BCUT2D eigenvalue weighted by atomic mass is 10.1. The lowest BCUT2D eigenvalue weighted by molar-refractivity contribution is -0.118. The van der Waals surface area contributed by atoms with Crippen molar-refractivity contribution in [3.05, 3.63) is 18.5 Å². The van der Waals surface area contributed by atoms with Gasteiger partial charge in [0.1, 0.15) is 5.82 Å². The van der Waals surface area contributed by atoms with Gasteiger partial charge in [-0.15, -0.1) is 11.7 Å². The van der Waals surface area contributed by atoms with E-state index >= 15 is 0 Å². The second-order valence-corrected chi connectivity index (χ2v) is 6.16. The SMILES string of the molecule is C=CCN1CCC(CNC(=O)CSc2n[nH]c(CC)n2)C1. The Morgan fingerprint density at radius 2 is 2.52 bits per heavy atom. The van der Waals surface area contributed by atoms with Crippen LogP contribution in [0.5, 0.6) is 0 Å². The molecule has 21 heavy (non-hydrogen) atoms. The summed E-state index contributed by atoms with van der Waals surface area (Å²) in [5.41, 5.74) is 0. The number of thioether (sulfide) groups is 1. The second-order valence-electron chi connectivity index (χ2n) is 5.21. The number of amides is 1. The van der Waals surface area contributed by atoms with Crippen LogP contribution in [0.1, 0.15) is 19.2 Å².